The van der Waals surface area contributed by atoms with Crippen LogP contribution in [0.4, 0.5) is 5.69 Å². The summed E-state index contributed by atoms with van der Waals surface area (Å²) in [5.41, 5.74) is 3.85. The molecule has 2 aliphatic heterocycles. The Hall–Kier alpha value is -2.08. The molecule has 1 aromatic heterocycles. The van der Waals surface area contributed by atoms with E-state index in [2.05, 4.69) is 11.1 Å². The van der Waals surface area contributed by atoms with Crippen molar-refractivity contribution in [3.63, 3.8) is 0 Å². The topological polar surface area (TPSA) is 55.2 Å². The zero-order chi connectivity index (χ0) is 18.3. The molecule has 0 radical (unpaired) electrons. The van der Waals surface area contributed by atoms with E-state index >= 15 is 0 Å². The van der Waals surface area contributed by atoms with Crippen LogP contribution in [0.5, 0.6) is 0 Å². The summed E-state index contributed by atoms with van der Waals surface area (Å²) in [6.07, 6.45) is 2.67. The number of rotatable bonds is 2. The van der Waals surface area contributed by atoms with Gasteiger partial charge in [-0.25, -0.2) is 4.98 Å². The van der Waals surface area contributed by atoms with Crippen molar-refractivity contribution in [2.75, 3.05) is 17.2 Å². The number of fused-ring (bicyclic) bond motifs is 2. The van der Waals surface area contributed by atoms with Gasteiger partial charge in [-0.05, 0) is 37.8 Å². The fraction of sp³-hybridized carbons (Fsp3) is 0.450. The quantitative estimate of drug-likeness (QED) is 0.764. The molecule has 0 saturated carbocycles. The van der Waals surface area contributed by atoms with E-state index in [1.54, 1.807) is 4.57 Å². The number of aromatic nitrogens is 2. The molecule has 0 N–H and O–H groups in total. The molecule has 1 aromatic carbocycles. The third-order valence-corrected chi connectivity index (χ3v) is 6.47. The molecule has 136 valence electrons. The average molecular weight is 369 g/mol. The largest absolute Gasteiger partial charge is 0.312 e. The Morgan fingerprint density at radius 1 is 1.35 bits per heavy atom. The van der Waals surface area contributed by atoms with Gasteiger partial charge in [0.25, 0.3) is 5.56 Å². The number of hydrogen-bond acceptors (Lipinski definition) is 4. The molecule has 2 aliphatic rings. The summed E-state index contributed by atoms with van der Waals surface area (Å²) in [7, 11) is 0. The molecule has 0 fully saturated rings. The lowest BCUT2D eigenvalue weighted by atomic mass is 9.99. The molecule has 0 aliphatic carbocycles. The lowest BCUT2D eigenvalue weighted by Gasteiger charge is -2.34. The highest BCUT2D eigenvalue weighted by Gasteiger charge is 2.33. The summed E-state index contributed by atoms with van der Waals surface area (Å²) in [6, 6.07) is 8.15. The number of anilines is 1. The number of carbonyl (C=O) groups excluding carboxylic acids is 1. The second kappa shape index (κ2) is 6.91. The number of amides is 1. The summed E-state index contributed by atoms with van der Waals surface area (Å²) in [5, 5.41) is 0.743. The van der Waals surface area contributed by atoms with Crippen molar-refractivity contribution in [2.24, 2.45) is 5.92 Å². The first-order chi connectivity index (χ1) is 12.6. The minimum absolute atomic E-state index is 0.0130. The lowest BCUT2D eigenvalue weighted by Crippen LogP contribution is -2.45. The first kappa shape index (κ1) is 17.3. The first-order valence-corrected chi connectivity index (χ1v) is 10.2. The van der Waals surface area contributed by atoms with Crippen molar-refractivity contribution < 1.29 is 4.79 Å². The van der Waals surface area contributed by atoms with Crippen LogP contribution in [-0.2, 0) is 24.2 Å². The molecule has 6 heteroatoms. The van der Waals surface area contributed by atoms with E-state index < -0.39 is 0 Å². The predicted molar refractivity (Wildman–Crippen MR) is 104 cm³/mol. The van der Waals surface area contributed by atoms with E-state index in [-0.39, 0.29) is 17.4 Å². The SMILES string of the molecule is CCc1c(C)nc2n(c1=O)CC(C(=O)N1CCCc3ccccc31)CS2. The molecule has 0 saturated heterocycles. The summed E-state index contributed by atoms with van der Waals surface area (Å²) in [5.74, 6) is 0.612. The number of nitrogens with zero attached hydrogens (tertiary/aromatic N) is 3. The molecule has 3 heterocycles. The fourth-order valence-electron chi connectivity index (χ4n) is 3.93. The summed E-state index contributed by atoms with van der Waals surface area (Å²) < 4.78 is 1.71. The van der Waals surface area contributed by atoms with Gasteiger partial charge in [0.05, 0.1) is 5.92 Å². The van der Waals surface area contributed by atoms with Crippen molar-refractivity contribution >= 4 is 23.4 Å². The summed E-state index contributed by atoms with van der Waals surface area (Å²) in [4.78, 5) is 32.5. The Kier molecular flexibility index (Phi) is 4.61. The van der Waals surface area contributed by atoms with Gasteiger partial charge < -0.3 is 4.90 Å². The van der Waals surface area contributed by atoms with E-state index in [1.807, 2.05) is 36.9 Å². The van der Waals surface area contributed by atoms with Gasteiger partial charge in [0.1, 0.15) is 0 Å². The van der Waals surface area contributed by atoms with Crippen molar-refractivity contribution in [3.8, 4) is 0 Å². The summed E-state index contributed by atoms with van der Waals surface area (Å²) >= 11 is 1.52. The van der Waals surface area contributed by atoms with Gasteiger partial charge in [-0.1, -0.05) is 36.9 Å². The van der Waals surface area contributed by atoms with Crippen LogP contribution in [0.15, 0.2) is 34.2 Å². The smallest absolute Gasteiger partial charge is 0.257 e. The van der Waals surface area contributed by atoms with Crippen molar-refractivity contribution in [1.82, 2.24) is 9.55 Å². The van der Waals surface area contributed by atoms with Gasteiger partial charge in [0.15, 0.2) is 5.16 Å². The standard InChI is InChI=1S/C20H23N3O2S/c1-3-16-13(2)21-20-23(19(16)25)11-15(12-26-20)18(24)22-10-6-8-14-7-4-5-9-17(14)22/h4-5,7,9,15H,3,6,8,10-12H2,1-2H3. The normalized spacial score (nSPS) is 19.0. The maximum Gasteiger partial charge on any atom is 0.257 e. The van der Waals surface area contributed by atoms with Crippen LogP contribution < -0.4 is 10.5 Å². The minimum atomic E-state index is -0.189. The van der Waals surface area contributed by atoms with Crippen LogP contribution in [-0.4, -0.2) is 27.8 Å². The van der Waals surface area contributed by atoms with E-state index in [0.717, 1.165) is 41.5 Å². The molecule has 0 bridgehead atoms. The Labute approximate surface area is 157 Å². The van der Waals surface area contributed by atoms with E-state index in [4.69, 9.17) is 0 Å². The van der Waals surface area contributed by atoms with Crippen LogP contribution >= 0.6 is 11.8 Å². The Morgan fingerprint density at radius 3 is 2.96 bits per heavy atom. The van der Waals surface area contributed by atoms with Gasteiger partial charge in [0, 0.05) is 35.8 Å². The van der Waals surface area contributed by atoms with Crippen LogP contribution in [0, 0.1) is 12.8 Å². The third-order valence-electron chi connectivity index (χ3n) is 5.33. The van der Waals surface area contributed by atoms with E-state index in [1.165, 1.54) is 17.3 Å². The Morgan fingerprint density at radius 2 is 2.15 bits per heavy atom. The number of para-hydroxylation sites is 1. The molecule has 1 amide bonds. The van der Waals surface area contributed by atoms with Crippen LogP contribution in [0.2, 0.25) is 0 Å². The molecule has 5 nitrogen and oxygen atoms in total. The maximum atomic E-state index is 13.2. The Balaban J connectivity index is 1.64. The molecule has 2 aromatic rings. The van der Waals surface area contributed by atoms with Gasteiger partial charge in [-0.15, -0.1) is 0 Å². The molecule has 1 unspecified atom stereocenters. The van der Waals surface area contributed by atoms with Crippen LogP contribution in [0.3, 0.4) is 0 Å². The number of aryl methyl sites for hydroxylation is 2. The molecular weight excluding hydrogens is 346 g/mol. The predicted octanol–water partition coefficient (Wildman–Crippen LogP) is 2.82. The highest BCUT2D eigenvalue weighted by Crippen LogP contribution is 2.32. The maximum absolute atomic E-state index is 13.2. The van der Waals surface area contributed by atoms with Gasteiger partial charge >= 0.3 is 0 Å². The second-order valence-electron chi connectivity index (χ2n) is 6.96. The molecule has 26 heavy (non-hydrogen) atoms. The van der Waals surface area contributed by atoms with Crippen molar-refractivity contribution in [1.29, 1.82) is 0 Å². The van der Waals surface area contributed by atoms with Crippen LogP contribution in [0.25, 0.3) is 0 Å². The lowest BCUT2D eigenvalue weighted by molar-refractivity contribution is -0.122. The number of carbonyl (C=O) groups is 1. The number of hydrogen-bond donors (Lipinski definition) is 0. The van der Waals surface area contributed by atoms with Gasteiger partial charge in [0.2, 0.25) is 5.91 Å². The second-order valence-corrected chi connectivity index (χ2v) is 7.94. The zero-order valence-electron chi connectivity index (χ0n) is 15.2. The van der Waals surface area contributed by atoms with Gasteiger partial charge in [-0.3, -0.25) is 14.2 Å². The minimum Gasteiger partial charge on any atom is -0.312 e. The molecule has 0 spiro atoms. The zero-order valence-corrected chi connectivity index (χ0v) is 16.0. The number of thioether (sulfide) groups is 1. The van der Waals surface area contributed by atoms with E-state index in [0.29, 0.717) is 18.7 Å². The Bertz CT molecular complexity index is 922. The average Bonchev–Trinajstić information content (AvgIpc) is 2.67. The van der Waals surface area contributed by atoms with Crippen LogP contribution in [0.1, 0.15) is 30.2 Å². The molecular formula is C20H23N3O2S. The monoisotopic (exact) mass is 369 g/mol. The summed E-state index contributed by atoms with van der Waals surface area (Å²) in [6.45, 7) is 5.05. The third kappa shape index (κ3) is 2.86. The van der Waals surface area contributed by atoms with Gasteiger partial charge in [-0.2, -0.15) is 0 Å². The van der Waals surface area contributed by atoms with E-state index in [9.17, 15) is 9.59 Å². The highest BCUT2D eigenvalue weighted by molar-refractivity contribution is 7.99. The molecule has 1 atom stereocenters. The van der Waals surface area contributed by atoms with Crippen molar-refractivity contribution in [2.45, 2.75) is 44.8 Å². The fourth-order valence-corrected chi connectivity index (χ4v) is 5.05. The highest BCUT2D eigenvalue weighted by atomic mass is 32.2. The van der Waals surface area contributed by atoms with Crippen molar-refractivity contribution in [3.05, 3.63) is 51.4 Å². The first-order valence-electron chi connectivity index (χ1n) is 9.22. The number of benzene rings is 1. The molecule has 4 rings (SSSR count).